The number of nitriles is 1. The number of carbonyl (C=O) groups excluding carboxylic acids is 1. The summed E-state index contributed by atoms with van der Waals surface area (Å²) in [7, 11) is -3.38. The van der Waals surface area contributed by atoms with Crippen molar-refractivity contribution in [2.75, 3.05) is 23.8 Å². The fraction of sp³-hybridized carbons (Fsp3) is 0.379. The van der Waals surface area contributed by atoms with Gasteiger partial charge in [-0.2, -0.15) is 14.0 Å². The van der Waals surface area contributed by atoms with Crippen LogP contribution in [0.15, 0.2) is 65.8 Å². The largest absolute Gasteiger partial charge is 0.485 e. The molecule has 1 aliphatic heterocycles. The van der Waals surface area contributed by atoms with Gasteiger partial charge in [0.1, 0.15) is 11.9 Å². The summed E-state index contributed by atoms with van der Waals surface area (Å²) in [6, 6.07) is 13.8. The molecule has 2 aromatic carbocycles. The van der Waals surface area contributed by atoms with Crippen LogP contribution >= 0.6 is 0 Å². The quantitative estimate of drug-likeness (QED) is 0.325. The van der Waals surface area contributed by atoms with Gasteiger partial charge in [-0.05, 0) is 48.9 Å². The summed E-state index contributed by atoms with van der Waals surface area (Å²) in [6.45, 7) is 0.590. The van der Waals surface area contributed by atoms with Crippen molar-refractivity contribution < 1.29 is 31.5 Å². The molecule has 42 heavy (non-hydrogen) atoms. The normalized spacial score (nSPS) is 17.6. The second-order valence-electron chi connectivity index (χ2n) is 9.75. The van der Waals surface area contributed by atoms with Crippen LogP contribution in [-0.4, -0.2) is 62.0 Å². The Morgan fingerprint density at radius 3 is 2.40 bits per heavy atom. The van der Waals surface area contributed by atoms with E-state index >= 15 is 0 Å². The zero-order valence-corrected chi connectivity index (χ0v) is 23.9. The summed E-state index contributed by atoms with van der Waals surface area (Å²) in [4.78, 5) is 23.4. The number of amides is 1. The molecule has 222 valence electrons. The number of sulfone groups is 1. The summed E-state index contributed by atoms with van der Waals surface area (Å²) in [5.74, 6) is 0.614. The van der Waals surface area contributed by atoms with Gasteiger partial charge in [-0.1, -0.05) is 19.1 Å². The molecule has 1 amide bonds. The first-order valence-electron chi connectivity index (χ1n) is 13.3. The Bertz CT molecular complexity index is 1500. The van der Waals surface area contributed by atoms with Crippen LogP contribution in [0.25, 0.3) is 0 Å². The maximum absolute atomic E-state index is 13.1. The van der Waals surface area contributed by atoms with Crippen LogP contribution in [-0.2, 0) is 14.6 Å². The van der Waals surface area contributed by atoms with Crippen molar-refractivity contribution in [3.8, 4) is 11.8 Å². The van der Waals surface area contributed by atoms with E-state index in [1.54, 1.807) is 62.6 Å². The lowest BCUT2D eigenvalue weighted by molar-refractivity contribution is -0.131. The van der Waals surface area contributed by atoms with Crippen molar-refractivity contribution in [1.82, 2.24) is 15.3 Å². The van der Waals surface area contributed by atoms with E-state index in [1.807, 2.05) is 11.0 Å². The molecule has 0 bridgehead atoms. The van der Waals surface area contributed by atoms with Crippen molar-refractivity contribution in [3.63, 3.8) is 0 Å². The van der Waals surface area contributed by atoms with E-state index in [9.17, 15) is 27.3 Å². The van der Waals surface area contributed by atoms with Gasteiger partial charge in [0.05, 0.1) is 60.8 Å². The Morgan fingerprint density at radius 1 is 1.14 bits per heavy atom. The number of halogens is 2. The van der Waals surface area contributed by atoms with Crippen LogP contribution in [0.4, 0.5) is 14.5 Å². The van der Waals surface area contributed by atoms with Crippen molar-refractivity contribution in [3.05, 3.63) is 77.9 Å². The smallest absolute Gasteiger partial charge is 0.345 e. The third-order valence-electron chi connectivity index (χ3n) is 6.93. The Morgan fingerprint density at radius 2 is 1.81 bits per heavy atom. The van der Waals surface area contributed by atoms with E-state index in [1.165, 1.54) is 12.1 Å². The minimum absolute atomic E-state index is 0.0172. The average molecular weight is 600 g/mol. The minimum atomic E-state index is -3.38. The van der Waals surface area contributed by atoms with E-state index in [0.717, 1.165) is 0 Å². The molecule has 4 rings (SSSR count). The number of hydrogen-bond acceptors (Lipinski definition) is 9. The lowest BCUT2D eigenvalue weighted by atomic mass is 10.0. The topological polar surface area (TPSA) is 135 Å². The minimum Gasteiger partial charge on any atom is -0.485 e. The molecule has 13 heteroatoms. The number of aromatic nitrogens is 2. The molecule has 1 aromatic heterocycles. The predicted molar refractivity (Wildman–Crippen MR) is 150 cm³/mol. The lowest BCUT2D eigenvalue weighted by Gasteiger charge is -2.26. The van der Waals surface area contributed by atoms with Crippen LogP contribution in [0.5, 0.6) is 5.75 Å². The van der Waals surface area contributed by atoms with E-state index < -0.39 is 34.4 Å². The van der Waals surface area contributed by atoms with Crippen LogP contribution in [0, 0.1) is 18.3 Å². The van der Waals surface area contributed by atoms with Gasteiger partial charge in [0, 0.05) is 17.7 Å². The molecular weight excluding hydrogens is 568 g/mol. The van der Waals surface area contributed by atoms with Gasteiger partial charge >= 0.3 is 6.61 Å². The van der Waals surface area contributed by atoms with Gasteiger partial charge < -0.3 is 19.7 Å². The number of carbonyl (C=O) groups is 1. The Labute approximate surface area is 243 Å². The van der Waals surface area contributed by atoms with Crippen LogP contribution < -0.4 is 15.0 Å². The van der Waals surface area contributed by atoms with E-state index in [0.29, 0.717) is 41.4 Å². The third kappa shape index (κ3) is 7.77. The molecule has 2 heterocycles. The van der Waals surface area contributed by atoms with Gasteiger partial charge in [0.25, 0.3) is 5.91 Å². The molecule has 0 radical (unpaired) electrons. The first kappa shape index (κ1) is 30.8. The molecule has 1 saturated heterocycles. The zero-order valence-electron chi connectivity index (χ0n) is 23.1. The van der Waals surface area contributed by atoms with E-state index in [4.69, 9.17) is 4.74 Å². The molecular formula is C29H31F2N5O5S. The van der Waals surface area contributed by atoms with Crippen LogP contribution in [0.2, 0.25) is 0 Å². The fourth-order valence-corrected chi connectivity index (χ4v) is 5.60. The highest BCUT2D eigenvalue weighted by atomic mass is 32.2. The molecule has 3 atom stereocenters. The maximum Gasteiger partial charge on any atom is 0.345 e. The second-order valence-corrected chi connectivity index (χ2v) is 12.0. The molecule has 1 aliphatic rings. The number of nitrogens with one attached hydrogen (secondary N) is 1. The first-order chi connectivity index (χ1) is 20.1. The van der Waals surface area contributed by atoms with Gasteiger partial charge in [0.2, 0.25) is 0 Å². The number of alkyl halides is 2. The Balaban J connectivity index is 1.46. The second kappa shape index (κ2) is 13.7. The van der Waals surface area contributed by atoms with E-state index in [2.05, 4.69) is 20.0 Å². The zero-order chi connectivity index (χ0) is 30.3. The molecule has 10 nitrogen and oxygen atoms in total. The summed E-state index contributed by atoms with van der Waals surface area (Å²) < 4.78 is 60.5. The average Bonchev–Trinajstić information content (AvgIpc) is 3.39. The number of aryl methyl sites for hydroxylation is 1. The molecule has 3 aromatic rings. The lowest BCUT2D eigenvalue weighted by Crippen LogP contribution is -2.34. The predicted octanol–water partition coefficient (Wildman–Crippen LogP) is 4.23. The van der Waals surface area contributed by atoms with Crippen LogP contribution in [0.3, 0.4) is 0 Å². The number of anilines is 1. The Kier molecular flexibility index (Phi) is 10.0. The molecule has 0 saturated carbocycles. The summed E-state index contributed by atoms with van der Waals surface area (Å²) >= 11 is 0. The summed E-state index contributed by atoms with van der Waals surface area (Å²) in [5, 5.41) is 12.1. The number of ether oxygens (including phenoxy) is 2. The van der Waals surface area contributed by atoms with Crippen molar-refractivity contribution in [1.29, 1.82) is 5.26 Å². The molecule has 0 spiro atoms. The highest BCUT2D eigenvalue weighted by Crippen LogP contribution is 2.29. The number of benzene rings is 2. The molecule has 1 N–H and O–H groups in total. The maximum atomic E-state index is 13.1. The number of hydrogen-bond donors (Lipinski definition) is 1. The number of rotatable bonds is 12. The van der Waals surface area contributed by atoms with Gasteiger partial charge in [0.15, 0.2) is 15.6 Å². The summed E-state index contributed by atoms with van der Waals surface area (Å²) in [6.07, 6.45) is 3.21. The summed E-state index contributed by atoms with van der Waals surface area (Å²) in [5.41, 5.74) is 1.62. The monoisotopic (exact) mass is 599 g/mol. The molecule has 0 aliphatic carbocycles. The number of nitrogens with zero attached hydrogens (tertiary/aromatic N) is 4. The third-order valence-corrected chi connectivity index (χ3v) is 8.68. The van der Waals surface area contributed by atoms with Gasteiger partial charge in [-0.25, -0.2) is 18.4 Å². The highest BCUT2D eigenvalue weighted by molar-refractivity contribution is 7.91. The highest BCUT2D eigenvalue weighted by Gasteiger charge is 2.34. The van der Waals surface area contributed by atoms with Crippen molar-refractivity contribution in [2.45, 2.75) is 56.4 Å². The molecule has 1 fully saturated rings. The van der Waals surface area contributed by atoms with Crippen molar-refractivity contribution in [2.24, 2.45) is 0 Å². The Hall–Kier alpha value is -4.15. The van der Waals surface area contributed by atoms with Gasteiger partial charge in [-0.15, -0.1) is 0 Å². The van der Waals surface area contributed by atoms with Crippen molar-refractivity contribution >= 4 is 21.4 Å². The fourth-order valence-electron chi connectivity index (χ4n) is 4.71. The van der Waals surface area contributed by atoms with Crippen LogP contribution in [0.1, 0.15) is 47.6 Å². The van der Waals surface area contributed by atoms with Gasteiger partial charge in [-0.3, -0.25) is 4.79 Å². The SMILES string of the molecule is CCS(=O)(=O)c1ccc([C@H](CC#N)NC(=O)c2ccc(N3C[C@@H](Oc4cnc(C)nc4)C[C@H]3COC(F)F)cc2)cc1. The standard InChI is InChI=1S/C29H31F2N5O5S/c1-3-42(38,39)26-10-6-20(7-11-26)27(12-13-32)35-28(37)21-4-8-22(9-5-21)36-17-24(14-23(36)18-40-29(30)31)41-25-15-33-19(2)34-16-25/h4-11,15-16,23-24,27,29H,3,12,14,17-18H2,1-2H3,(H,35,37)/t23-,24-,27-/m0/s1. The first-order valence-corrected chi connectivity index (χ1v) is 15.0. The molecule has 0 unspecified atom stereocenters. The van der Waals surface area contributed by atoms with E-state index in [-0.39, 0.29) is 29.8 Å².